The van der Waals surface area contributed by atoms with Gasteiger partial charge < -0.3 is 5.32 Å². The number of alkyl halides is 1. The number of nitrogens with one attached hydrogen (secondary N) is 1. The van der Waals surface area contributed by atoms with E-state index in [0.717, 1.165) is 5.69 Å². The summed E-state index contributed by atoms with van der Waals surface area (Å²) in [6, 6.07) is 10.1. The van der Waals surface area contributed by atoms with Crippen molar-refractivity contribution in [3.8, 4) is 0 Å². The van der Waals surface area contributed by atoms with Crippen molar-refractivity contribution in [2.45, 2.75) is 25.2 Å². The molecule has 1 aromatic carbocycles. The minimum atomic E-state index is -0.194. The number of halogens is 1. The van der Waals surface area contributed by atoms with Crippen molar-refractivity contribution in [3.05, 3.63) is 48.3 Å². The second-order valence-electron chi connectivity index (χ2n) is 5.05. The quantitative estimate of drug-likeness (QED) is 0.852. The molecule has 1 heterocycles. The van der Waals surface area contributed by atoms with Gasteiger partial charge in [0.15, 0.2) is 0 Å². The molecular weight excluding hydrogens is 318 g/mol. The molecule has 0 spiro atoms. The van der Waals surface area contributed by atoms with Crippen LogP contribution < -0.4 is 5.32 Å². The van der Waals surface area contributed by atoms with Crippen LogP contribution in [0.25, 0.3) is 0 Å². The third-order valence-electron chi connectivity index (χ3n) is 2.92. The van der Waals surface area contributed by atoms with Gasteiger partial charge in [-0.05, 0) is 11.5 Å². The highest BCUT2D eigenvalue weighted by atomic mass is 79.9. The lowest BCUT2D eigenvalue weighted by molar-refractivity contribution is -0.116. The van der Waals surface area contributed by atoms with Gasteiger partial charge in [-0.3, -0.25) is 9.48 Å². The van der Waals surface area contributed by atoms with Gasteiger partial charge in [-0.15, -0.1) is 0 Å². The van der Waals surface area contributed by atoms with E-state index in [4.69, 9.17) is 0 Å². The summed E-state index contributed by atoms with van der Waals surface area (Å²) < 4.78 is 1.81. The zero-order chi connectivity index (χ0) is 14.5. The summed E-state index contributed by atoms with van der Waals surface area (Å²) >= 11 is 3.39. The number of nitrogens with zero attached hydrogens (tertiary/aromatic N) is 2. The molecule has 1 unspecified atom stereocenters. The molecule has 1 aromatic heterocycles. The van der Waals surface area contributed by atoms with Gasteiger partial charge in [0.2, 0.25) is 5.91 Å². The van der Waals surface area contributed by atoms with Crippen molar-refractivity contribution in [2.75, 3.05) is 5.32 Å². The first-order valence-electron chi connectivity index (χ1n) is 6.57. The summed E-state index contributed by atoms with van der Waals surface area (Å²) in [6.07, 6.45) is 3.51. The van der Waals surface area contributed by atoms with Crippen LogP contribution in [0.3, 0.4) is 0 Å². The van der Waals surface area contributed by atoms with Crippen molar-refractivity contribution in [1.82, 2.24) is 9.78 Å². The fraction of sp³-hybridized carbons (Fsp3) is 0.333. The van der Waals surface area contributed by atoms with Gasteiger partial charge in [0, 0.05) is 6.20 Å². The molecule has 2 rings (SSSR count). The smallest absolute Gasteiger partial charge is 0.238 e. The topological polar surface area (TPSA) is 46.9 Å². The molecule has 0 saturated carbocycles. The van der Waals surface area contributed by atoms with E-state index in [-0.39, 0.29) is 16.7 Å². The first-order chi connectivity index (χ1) is 9.56. The van der Waals surface area contributed by atoms with Gasteiger partial charge in [0.05, 0.1) is 23.3 Å². The number of carbonyl (C=O) groups excluding carboxylic acids is 1. The molecule has 0 aliphatic heterocycles. The number of benzene rings is 1. The van der Waals surface area contributed by atoms with Crippen LogP contribution in [0.1, 0.15) is 19.4 Å². The van der Waals surface area contributed by atoms with Crippen molar-refractivity contribution in [2.24, 2.45) is 5.92 Å². The Balaban J connectivity index is 1.97. The lowest BCUT2D eigenvalue weighted by Crippen LogP contribution is -2.26. The Morgan fingerprint density at radius 2 is 2.05 bits per heavy atom. The zero-order valence-electron chi connectivity index (χ0n) is 11.6. The summed E-state index contributed by atoms with van der Waals surface area (Å²) in [5.41, 5.74) is 1.89. The molecule has 1 atom stereocenters. The van der Waals surface area contributed by atoms with E-state index in [1.54, 1.807) is 6.20 Å². The van der Waals surface area contributed by atoms with Crippen LogP contribution in [0.4, 0.5) is 5.69 Å². The third-order valence-corrected chi connectivity index (χ3v) is 4.40. The molecule has 0 fully saturated rings. The molecule has 5 heteroatoms. The molecule has 0 saturated heterocycles. The number of hydrogen-bond acceptors (Lipinski definition) is 2. The number of anilines is 1. The van der Waals surface area contributed by atoms with Gasteiger partial charge in [-0.25, -0.2) is 0 Å². The summed E-state index contributed by atoms with van der Waals surface area (Å²) in [5.74, 6) is 0.202. The van der Waals surface area contributed by atoms with Gasteiger partial charge in [-0.1, -0.05) is 60.1 Å². The molecule has 1 amide bonds. The maximum atomic E-state index is 11.9. The average molecular weight is 336 g/mol. The average Bonchev–Trinajstić information content (AvgIpc) is 2.86. The van der Waals surface area contributed by atoms with Crippen molar-refractivity contribution >= 4 is 27.5 Å². The summed E-state index contributed by atoms with van der Waals surface area (Å²) in [5, 5.41) is 7.12. The Kier molecular flexibility index (Phi) is 4.95. The summed E-state index contributed by atoms with van der Waals surface area (Å²) in [4.78, 5) is 11.7. The largest absolute Gasteiger partial charge is 0.322 e. The molecule has 0 aliphatic carbocycles. The lowest BCUT2D eigenvalue weighted by Gasteiger charge is -2.12. The van der Waals surface area contributed by atoms with Crippen LogP contribution in [-0.2, 0) is 11.3 Å². The molecule has 20 heavy (non-hydrogen) atoms. The van der Waals surface area contributed by atoms with Crippen LogP contribution in [0.2, 0.25) is 0 Å². The standard InChI is InChI=1S/C15H18BrN3O/c1-11(2)14(16)15(20)18-13-8-17-19(10-13)9-12-6-4-3-5-7-12/h3-8,10-11,14H,9H2,1-2H3,(H,18,20). The molecule has 2 aromatic rings. The molecule has 1 N–H and O–H groups in total. The van der Waals surface area contributed by atoms with Crippen molar-refractivity contribution in [3.63, 3.8) is 0 Å². The van der Waals surface area contributed by atoms with Gasteiger partial charge in [0.25, 0.3) is 0 Å². The minimum Gasteiger partial charge on any atom is -0.322 e. The van der Waals surface area contributed by atoms with Gasteiger partial charge in [-0.2, -0.15) is 5.10 Å². The predicted molar refractivity (Wildman–Crippen MR) is 84.0 cm³/mol. The van der Waals surface area contributed by atoms with E-state index in [9.17, 15) is 4.79 Å². The Morgan fingerprint density at radius 3 is 2.70 bits per heavy atom. The van der Waals surface area contributed by atoms with Crippen LogP contribution in [0.5, 0.6) is 0 Å². The van der Waals surface area contributed by atoms with Crippen LogP contribution in [0.15, 0.2) is 42.7 Å². The Hall–Kier alpha value is -1.62. The van der Waals surface area contributed by atoms with E-state index in [1.807, 2.05) is 55.1 Å². The molecule has 106 valence electrons. The molecular formula is C15H18BrN3O. The van der Waals surface area contributed by atoms with E-state index in [2.05, 4.69) is 26.3 Å². The summed E-state index contributed by atoms with van der Waals surface area (Å²) in [6.45, 7) is 4.69. The molecule has 0 aliphatic rings. The SMILES string of the molecule is CC(C)C(Br)C(=O)Nc1cnn(Cc2ccccc2)c1. The first-order valence-corrected chi connectivity index (χ1v) is 7.49. The fourth-order valence-electron chi connectivity index (χ4n) is 1.80. The molecule has 4 nitrogen and oxygen atoms in total. The van der Waals surface area contributed by atoms with Crippen LogP contribution in [-0.4, -0.2) is 20.5 Å². The third kappa shape index (κ3) is 3.93. The number of carbonyl (C=O) groups is 1. The highest BCUT2D eigenvalue weighted by molar-refractivity contribution is 9.10. The van der Waals surface area contributed by atoms with Crippen molar-refractivity contribution in [1.29, 1.82) is 0 Å². The highest BCUT2D eigenvalue weighted by Crippen LogP contribution is 2.15. The number of aromatic nitrogens is 2. The lowest BCUT2D eigenvalue weighted by atomic mass is 10.1. The summed E-state index contributed by atoms with van der Waals surface area (Å²) in [7, 11) is 0. The number of hydrogen-bond donors (Lipinski definition) is 1. The predicted octanol–water partition coefficient (Wildman–Crippen LogP) is 3.29. The van der Waals surface area contributed by atoms with Gasteiger partial charge in [0.1, 0.15) is 0 Å². The Labute approximate surface area is 127 Å². The molecule has 0 radical (unpaired) electrons. The maximum Gasteiger partial charge on any atom is 0.238 e. The normalized spacial score (nSPS) is 12.4. The number of rotatable bonds is 5. The van der Waals surface area contributed by atoms with Crippen LogP contribution >= 0.6 is 15.9 Å². The second-order valence-corrected chi connectivity index (χ2v) is 6.03. The van der Waals surface area contributed by atoms with E-state index < -0.39 is 0 Å². The fourth-order valence-corrected chi connectivity index (χ4v) is 1.91. The number of amides is 1. The Bertz CT molecular complexity index is 566. The van der Waals surface area contributed by atoms with E-state index >= 15 is 0 Å². The zero-order valence-corrected chi connectivity index (χ0v) is 13.2. The first kappa shape index (κ1) is 14.8. The van der Waals surface area contributed by atoms with Gasteiger partial charge >= 0.3 is 0 Å². The molecule has 0 bridgehead atoms. The minimum absolute atomic E-state index is 0.0424. The van der Waals surface area contributed by atoms with E-state index in [1.165, 1.54) is 5.56 Å². The second kappa shape index (κ2) is 6.70. The van der Waals surface area contributed by atoms with E-state index in [0.29, 0.717) is 6.54 Å². The highest BCUT2D eigenvalue weighted by Gasteiger charge is 2.18. The monoisotopic (exact) mass is 335 g/mol. The Morgan fingerprint density at radius 1 is 1.35 bits per heavy atom. The van der Waals surface area contributed by atoms with Crippen LogP contribution in [0, 0.1) is 5.92 Å². The maximum absolute atomic E-state index is 11.9. The van der Waals surface area contributed by atoms with Crippen molar-refractivity contribution < 1.29 is 4.79 Å².